The van der Waals surface area contributed by atoms with E-state index in [0.717, 1.165) is 43.4 Å². The number of carbonyl (C=O) groups is 1. The molecule has 2 unspecified atom stereocenters. The van der Waals surface area contributed by atoms with E-state index in [-0.39, 0.29) is 24.0 Å². The van der Waals surface area contributed by atoms with Crippen molar-refractivity contribution in [3.63, 3.8) is 0 Å². The van der Waals surface area contributed by atoms with E-state index in [4.69, 9.17) is 10.5 Å². The smallest absolute Gasteiger partial charge is 0.232 e. The molecule has 6 heteroatoms. The molecule has 132 valence electrons. The first kappa shape index (κ1) is 16.7. The summed E-state index contributed by atoms with van der Waals surface area (Å²) >= 11 is 1.56. The maximum Gasteiger partial charge on any atom is 0.232 e. The molecule has 25 heavy (non-hydrogen) atoms. The van der Waals surface area contributed by atoms with Gasteiger partial charge in [-0.15, -0.1) is 11.3 Å². The lowest BCUT2D eigenvalue weighted by Crippen LogP contribution is -2.33. The Morgan fingerprint density at radius 3 is 2.96 bits per heavy atom. The van der Waals surface area contributed by atoms with Crippen molar-refractivity contribution < 1.29 is 9.53 Å². The molecule has 0 spiro atoms. The highest BCUT2D eigenvalue weighted by molar-refractivity contribution is 7.15. The summed E-state index contributed by atoms with van der Waals surface area (Å²) in [6.07, 6.45) is 4.30. The molecule has 4 rings (SSSR count). The first-order valence-electron chi connectivity index (χ1n) is 8.92. The molecule has 1 aliphatic heterocycles. The van der Waals surface area contributed by atoms with Crippen LogP contribution in [-0.2, 0) is 22.4 Å². The zero-order chi connectivity index (χ0) is 17.2. The zero-order valence-electron chi connectivity index (χ0n) is 14.1. The summed E-state index contributed by atoms with van der Waals surface area (Å²) in [5.74, 6) is -0.178. The van der Waals surface area contributed by atoms with Crippen molar-refractivity contribution in [1.29, 1.82) is 0 Å². The Morgan fingerprint density at radius 2 is 2.12 bits per heavy atom. The van der Waals surface area contributed by atoms with Crippen LogP contribution in [0.25, 0.3) is 0 Å². The average molecular weight is 357 g/mol. The molecule has 2 aliphatic rings. The molecule has 0 radical (unpaired) electrons. The van der Waals surface area contributed by atoms with Gasteiger partial charge in [0.1, 0.15) is 0 Å². The molecule has 1 saturated heterocycles. The van der Waals surface area contributed by atoms with Gasteiger partial charge in [-0.3, -0.25) is 4.79 Å². The highest BCUT2D eigenvalue weighted by atomic mass is 32.1. The number of aryl methyl sites for hydroxylation is 1. The van der Waals surface area contributed by atoms with Crippen LogP contribution in [0.15, 0.2) is 30.3 Å². The van der Waals surface area contributed by atoms with Gasteiger partial charge in [0.15, 0.2) is 5.13 Å². The second-order valence-corrected chi connectivity index (χ2v) is 7.92. The molecule has 3 atom stereocenters. The second kappa shape index (κ2) is 7.23. The highest BCUT2D eigenvalue weighted by Gasteiger charge is 2.33. The molecule has 1 aliphatic carbocycles. The van der Waals surface area contributed by atoms with Gasteiger partial charge in [0.25, 0.3) is 0 Å². The maximum absolute atomic E-state index is 12.9. The summed E-state index contributed by atoms with van der Waals surface area (Å²) in [7, 11) is 0. The molecule has 2 heterocycles. The number of amides is 1. The molecule has 1 aromatic heterocycles. The topological polar surface area (TPSA) is 77.2 Å². The minimum Gasteiger partial charge on any atom is -0.373 e. The molecule has 0 saturated carbocycles. The van der Waals surface area contributed by atoms with Crippen LogP contribution in [0.5, 0.6) is 0 Å². The highest BCUT2D eigenvalue weighted by Crippen LogP contribution is 2.35. The van der Waals surface area contributed by atoms with Crippen LogP contribution >= 0.6 is 11.3 Å². The third-order valence-corrected chi connectivity index (χ3v) is 6.03. The van der Waals surface area contributed by atoms with E-state index < -0.39 is 0 Å². The quantitative estimate of drug-likeness (QED) is 0.885. The molecule has 1 aromatic carbocycles. The van der Waals surface area contributed by atoms with Crippen LogP contribution < -0.4 is 11.1 Å². The van der Waals surface area contributed by atoms with Gasteiger partial charge in [0.05, 0.1) is 17.7 Å². The number of anilines is 1. The number of fused-ring (bicyclic) bond motifs is 1. The minimum absolute atomic E-state index is 0.00366. The molecule has 1 fully saturated rings. The van der Waals surface area contributed by atoms with E-state index in [1.165, 1.54) is 4.88 Å². The van der Waals surface area contributed by atoms with Gasteiger partial charge in [0, 0.05) is 17.5 Å². The van der Waals surface area contributed by atoms with E-state index in [0.29, 0.717) is 11.7 Å². The van der Waals surface area contributed by atoms with Crippen molar-refractivity contribution in [3.8, 4) is 0 Å². The number of ether oxygens (including phenoxy) is 1. The number of nitrogens with two attached hydrogens (primary N) is 1. The Balaban J connectivity index is 1.49. The predicted molar refractivity (Wildman–Crippen MR) is 98.6 cm³/mol. The number of benzene rings is 1. The molecule has 1 amide bonds. The predicted octanol–water partition coefficient (Wildman–Crippen LogP) is 3.07. The van der Waals surface area contributed by atoms with Crippen molar-refractivity contribution in [1.82, 2.24) is 4.98 Å². The van der Waals surface area contributed by atoms with Crippen molar-refractivity contribution in [2.45, 2.75) is 44.2 Å². The van der Waals surface area contributed by atoms with Crippen molar-refractivity contribution in [2.24, 2.45) is 11.7 Å². The lowest BCUT2D eigenvalue weighted by atomic mass is 9.89. The molecular formula is C19H23N3O2S. The van der Waals surface area contributed by atoms with E-state index in [1.54, 1.807) is 11.3 Å². The van der Waals surface area contributed by atoms with Gasteiger partial charge in [-0.2, -0.15) is 0 Å². The number of carbonyl (C=O) groups excluding carboxylic acids is 1. The molecule has 5 nitrogen and oxygen atoms in total. The summed E-state index contributed by atoms with van der Waals surface area (Å²) in [5, 5.41) is 3.73. The summed E-state index contributed by atoms with van der Waals surface area (Å²) in [6.45, 7) is 0.701. The van der Waals surface area contributed by atoms with Gasteiger partial charge in [-0.25, -0.2) is 4.98 Å². The number of rotatable bonds is 3. The van der Waals surface area contributed by atoms with Crippen LogP contribution in [0, 0.1) is 5.92 Å². The number of nitrogens with one attached hydrogen (secondary N) is 1. The molecular weight excluding hydrogens is 334 g/mol. The van der Waals surface area contributed by atoms with E-state index in [1.807, 2.05) is 30.3 Å². The SMILES string of the molecule is N[C@H]1CCc2nc(NC(=O)C3CCCOC3c3ccccc3)sc2C1. The Kier molecular flexibility index (Phi) is 4.83. The zero-order valence-corrected chi connectivity index (χ0v) is 14.9. The fourth-order valence-corrected chi connectivity index (χ4v) is 4.78. The van der Waals surface area contributed by atoms with Crippen molar-refractivity contribution >= 4 is 22.4 Å². The summed E-state index contributed by atoms with van der Waals surface area (Å²) in [5.41, 5.74) is 8.20. The van der Waals surface area contributed by atoms with Crippen molar-refractivity contribution in [2.75, 3.05) is 11.9 Å². The number of aromatic nitrogens is 1. The normalized spacial score (nSPS) is 26.0. The van der Waals surface area contributed by atoms with Crippen LogP contribution in [0.1, 0.15) is 41.5 Å². The lowest BCUT2D eigenvalue weighted by molar-refractivity contribution is -0.129. The van der Waals surface area contributed by atoms with Gasteiger partial charge >= 0.3 is 0 Å². The number of hydrogen-bond donors (Lipinski definition) is 2. The van der Waals surface area contributed by atoms with Gasteiger partial charge < -0.3 is 15.8 Å². The van der Waals surface area contributed by atoms with E-state index >= 15 is 0 Å². The lowest BCUT2D eigenvalue weighted by Gasteiger charge is -2.30. The Bertz CT molecular complexity index is 746. The fourth-order valence-electron chi connectivity index (χ4n) is 3.67. The number of nitrogens with zero attached hydrogens (tertiary/aromatic N) is 1. The van der Waals surface area contributed by atoms with Crippen LogP contribution in [-0.4, -0.2) is 23.5 Å². The van der Waals surface area contributed by atoms with E-state index in [2.05, 4.69) is 10.3 Å². The molecule has 3 N–H and O–H groups in total. The fraction of sp³-hybridized carbons (Fsp3) is 0.474. The van der Waals surface area contributed by atoms with Gasteiger partial charge in [0.2, 0.25) is 5.91 Å². The van der Waals surface area contributed by atoms with E-state index in [9.17, 15) is 4.79 Å². The number of hydrogen-bond acceptors (Lipinski definition) is 5. The largest absolute Gasteiger partial charge is 0.373 e. The minimum atomic E-state index is -0.182. The van der Waals surface area contributed by atoms with Crippen LogP contribution in [0.3, 0.4) is 0 Å². The Morgan fingerprint density at radius 1 is 1.28 bits per heavy atom. The summed E-state index contributed by atoms with van der Waals surface area (Å²) in [4.78, 5) is 18.7. The standard InChI is InChI=1S/C19H23N3O2S/c20-13-8-9-15-16(11-13)25-19(21-15)22-18(23)14-7-4-10-24-17(14)12-5-2-1-3-6-12/h1-3,5-6,13-14,17H,4,7-11,20H2,(H,21,22,23)/t13-,14?,17?/m0/s1. The average Bonchev–Trinajstić information content (AvgIpc) is 3.03. The van der Waals surface area contributed by atoms with Gasteiger partial charge in [-0.05, 0) is 37.7 Å². The first-order valence-corrected chi connectivity index (χ1v) is 9.74. The second-order valence-electron chi connectivity index (χ2n) is 6.83. The third-order valence-electron chi connectivity index (χ3n) is 5.00. The van der Waals surface area contributed by atoms with Crippen LogP contribution in [0.2, 0.25) is 0 Å². The molecule has 0 bridgehead atoms. The molecule has 2 aromatic rings. The number of thiazole rings is 1. The monoisotopic (exact) mass is 357 g/mol. The summed E-state index contributed by atoms with van der Waals surface area (Å²) in [6, 6.07) is 10.2. The summed E-state index contributed by atoms with van der Waals surface area (Å²) < 4.78 is 5.94. The maximum atomic E-state index is 12.9. The first-order chi connectivity index (χ1) is 12.2. The Labute approximate surface area is 151 Å². The van der Waals surface area contributed by atoms with Crippen LogP contribution in [0.4, 0.5) is 5.13 Å². The Hall–Kier alpha value is -1.76. The van der Waals surface area contributed by atoms with Crippen molar-refractivity contribution in [3.05, 3.63) is 46.5 Å². The third kappa shape index (κ3) is 3.61. The van der Waals surface area contributed by atoms with Gasteiger partial charge in [-0.1, -0.05) is 30.3 Å².